The Balaban J connectivity index is 4.53. The van der Waals surface area contributed by atoms with Gasteiger partial charge in [-0.25, -0.2) is 0 Å². The minimum atomic E-state index is -0.378. The largest absolute Gasteiger partial charge is 0.462 e. The molecule has 0 bridgehead atoms. The summed E-state index contributed by atoms with van der Waals surface area (Å²) in [5.41, 5.74) is 12.5. The maximum absolute atomic E-state index is 12.9. The average molecular weight is 779 g/mol. The first-order valence-electron chi connectivity index (χ1n) is 24.6. The molecule has 0 unspecified atom stereocenters. The van der Waals surface area contributed by atoms with Crippen LogP contribution in [0.3, 0.4) is 0 Å². The van der Waals surface area contributed by atoms with E-state index in [1.165, 1.54) is 154 Å². The lowest BCUT2D eigenvalue weighted by molar-refractivity contribution is -0.151. The number of hydrogen-bond donors (Lipinski definition) is 2. The van der Waals surface area contributed by atoms with Crippen molar-refractivity contribution in [2.75, 3.05) is 0 Å². The summed E-state index contributed by atoms with van der Waals surface area (Å²) in [5, 5.41) is 0. The van der Waals surface area contributed by atoms with Gasteiger partial charge in [-0.3, -0.25) is 9.59 Å². The molecule has 0 saturated heterocycles. The molecule has 0 radical (unpaired) electrons. The first-order valence-corrected chi connectivity index (χ1v) is 24.6. The predicted octanol–water partition coefficient (Wildman–Crippen LogP) is 15.0. The highest BCUT2D eigenvalue weighted by Gasteiger charge is 2.28. The Kier molecular flexibility index (Phi) is 38.9. The van der Waals surface area contributed by atoms with E-state index in [1.54, 1.807) is 0 Å². The molecule has 0 amide bonds. The quantitative estimate of drug-likeness (QED) is 0.0363. The van der Waals surface area contributed by atoms with Crippen LogP contribution in [0.25, 0.3) is 0 Å². The Morgan fingerprint density at radius 1 is 0.400 bits per heavy atom. The van der Waals surface area contributed by atoms with Gasteiger partial charge in [-0.05, 0) is 82.5 Å². The summed E-state index contributed by atoms with van der Waals surface area (Å²) in [7, 11) is 0. The highest BCUT2D eigenvalue weighted by Crippen LogP contribution is 2.32. The minimum absolute atomic E-state index is 0.0186. The van der Waals surface area contributed by atoms with Gasteiger partial charge in [0.15, 0.2) is 0 Å². The molecule has 4 N–H and O–H groups in total. The van der Waals surface area contributed by atoms with Crippen LogP contribution in [-0.2, 0) is 19.1 Å². The van der Waals surface area contributed by atoms with E-state index in [0.717, 1.165) is 77.0 Å². The van der Waals surface area contributed by atoms with Crippen molar-refractivity contribution < 1.29 is 19.1 Å². The van der Waals surface area contributed by atoms with Crippen LogP contribution >= 0.6 is 0 Å². The third-order valence-corrected chi connectivity index (χ3v) is 12.2. The Morgan fingerprint density at radius 3 is 0.927 bits per heavy atom. The molecule has 0 aliphatic rings. The van der Waals surface area contributed by atoms with Crippen LogP contribution in [0.15, 0.2) is 0 Å². The first kappa shape index (κ1) is 53.9. The highest BCUT2D eigenvalue weighted by molar-refractivity contribution is 5.69. The summed E-state index contributed by atoms with van der Waals surface area (Å²) in [6.45, 7) is 11.2. The van der Waals surface area contributed by atoms with Crippen LogP contribution in [0.4, 0.5) is 0 Å². The molecular weight excluding hydrogens is 681 g/mol. The van der Waals surface area contributed by atoms with E-state index in [9.17, 15) is 9.59 Å². The van der Waals surface area contributed by atoms with Crippen molar-refractivity contribution in [2.24, 2.45) is 16.9 Å². The molecule has 328 valence electrons. The number of ether oxygens (including phenoxy) is 2. The van der Waals surface area contributed by atoms with E-state index >= 15 is 0 Å². The molecule has 55 heavy (non-hydrogen) atoms. The van der Waals surface area contributed by atoms with Crippen molar-refractivity contribution in [1.82, 2.24) is 0 Å². The topological polar surface area (TPSA) is 105 Å². The Hall–Kier alpha value is -1.14. The molecule has 0 aromatic rings. The second-order valence-electron chi connectivity index (χ2n) is 17.8. The zero-order chi connectivity index (χ0) is 40.7. The van der Waals surface area contributed by atoms with Gasteiger partial charge in [0.25, 0.3) is 0 Å². The molecule has 0 atom stereocenters. The van der Waals surface area contributed by atoms with Crippen LogP contribution in [-0.4, -0.2) is 30.3 Å². The molecule has 0 aliphatic carbocycles. The number of carbonyl (C=O) groups excluding carboxylic acids is 2. The number of nitrogens with two attached hydrogens (primary N) is 2. The van der Waals surface area contributed by atoms with Gasteiger partial charge in [-0.1, -0.05) is 189 Å². The molecule has 0 spiro atoms. The number of carbonyl (C=O) groups is 2. The summed E-state index contributed by atoms with van der Waals surface area (Å²) in [5.74, 6) is -0.0372. The van der Waals surface area contributed by atoms with Crippen LogP contribution in [0.5, 0.6) is 0 Å². The van der Waals surface area contributed by atoms with Crippen LogP contribution in [0.1, 0.15) is 279 Å². The van der Waals surface area contributed by atoms with Gasteiger partial charge in [0.1, 0.15) is 12.2 Å². The maximum atomic E-state index is 12.9. The molecule has 6 heteroatoms. The van der Waals surface area contributed by atoms with Crippen molar-refractivity contribution in [1.29, 1.82) is 0 Å². The molecule has 0 aliphatic heterocycles. The third kappa shape index (κ3) is 34.6. The molecule has 0 rings (SSSR count). The van der Waals surface area contributed by atoms with E-state index in [0.29, 0.717) is 12.8 Å². The summed E-state index contributed by atoms with van der Waals surface area (Å²) < 4.78 is 12.1. The summed E-state index contributed by atoms with van der Waals surface area (Å²) >= 11 is 0. The predicted molar refractivity (Wildman–Crippen MR) is 238 cm³/mol. The zero-order valence-electron chi connectivity index (χ0n) is 37.9. The van der Waals surface area contributed by atoms with E-state index < -0.39 is 0 Å². The molecule has 0 saturated carbocycles. The van der Waals surface area contributed by atoms with Gasteiger partial charge in [-0.15, -0.1) is 0 Å². The SMILES string of the molecule is CCCCCCCCC(CCCCCCCC)OC(=O)CCCCCC(C)(CCCCCC(=O)OC(CCCCCCCC)CCCCCCCC)C(N)N. The van der Waals surface area contributed by atoms with Crippen molar-refractivity contribution in [2.45, 2.75) is 297 Å². The summed E-state index contributed by atoms with van der Waals surface area (Å²) in [4.78, 5) is 25.7. The van der Waals surface area contributed by atoms with E-state index in [2.05, 4.69) is 34.6 Å². The lowest BCUT2D eigenvalue weighted by atomic mass is 9.77. The Bertz CT molecular complexity index is 742. The van der Waals surface area contributed by atoms with Crippen LogP contribution < -0.4 is 11.5 Å². The van der Waals surface area contributed by atoms with Gasteiger partial charge < -0.3 is 20.9 Å². The second-order valence-corrected chi connectivity index (χ2v) is 17.8. The first-order chi connectivity index (χ1) is 26.7. The normalized spacial score (nSPS) is 12.0. The van der Waals surface area contributed by atoms with Crippen molar-refractivity contribution in [3.05, 3.63) is 0 Å². The van der Waals surface area contributed by atoms with Crippen molar-refractivity contribution >= 4 is 11.9 Å². The summed E-state index contributed by atoms with van der Waals surface area (Å²) in [6, 6.07) is 0. The smallest absolute Gasteiger partial charge is 0.306 e. The van der Waals surface area contributed by atoms with Gasteiger partial charge in [-0.2, -0.15) is 0 Å². The van der Waals surface area contributed by atoms with Crippen molar-refractivity contribution in [3.63, 3.8) is 0 Å². The Morgan fingerprint density at radius 2 is 0.655 bits per heavy atom. The fraction of sp³-hybridized carbons (Fsp3) is 0.959. The van der Waals surface area contributed by atoms with E-state index in [4.69, 9.17) is 20.9 Å². The Labute approximate surface area is 343 Å². The number of hydrogen-bond acceptors (Lipinski definition) is 6. The fourth-order valence-electron chi connectivity index (χ4n) is 8.03. The van der Waals surface area contributed by atoms with E-state index in [-0.39, 0.29) is 35.7 Å². The highest BCUT2D eigenvalue weighted by atomic mass is 16.5. The fourth-order valence-corrected chi connectivity index (χ4v) is 8.03. The van der Waals surface area contributed by atoms with Crippen LogP contribution in [0, 0.1) is 5.41 Å². The number of rotatable bonds is 43. The number of unbranched alkanes of at least 4 members (excludes halogenated alkanes) is 24. The minimum Gasteiger partial charge on any atom is -0.462 e. The third-order valence-electron chi connectivity index (χ3n) is 12.2. The molecule has 0 aromatic carbocycles. The van der Waals surface area contributed by atoms with Gasteiger partial charge in [0, 0.05) is 12.8 Å². The van der Waals surface area contributed by atoms with Gasteiger partial charge in [0.05, 0.1) is 6.17 Å². The maximum Gasteiger partial charge on any atom is 0.306 e. The molecule has 0 heterocycles. The lowest BCUT2D eigenvalue weighted by Gasteiger charge is -2.33. The van der Waals surface area contributed by atoms with Gasteiger partial charge >= 0.3 is 11.9 Å². The standard InChI is InChI=1S/C49H98N2O4/c1-6-10-14-18-22-28-36-44(37-29-23-19-15-11-7-2)54-46(52)40-32-26-34-42-49(5,48(50)51)43-35-27-33-41-47(53)55-45(38-30-24-20-16-12-8-3)39-31-25-21-17-13-9-4/h44-45,48H,6-43,50-51H2,1-5H3. The van der Waals surface area contributed by atoms with E-state index in [1.807, 2.05) is 0 Å². The monoisotopic (exact) mass is 779 g/mol. The molecule has 6 nitrogen and oxygen atoms in total. The molecule has 0 fully saturated rings. The molecular formula is C49H98N2O4. The van der Waals surface area contributed by atoms with Gasteiger partial charge in [0.2, 0.25) is 0 Å². The summed E-state index contributed by atoms with van der Waals surface area (Å²) in [6.07, 6.45) is 43.0. The van der Waals surface area contributed by atoms with Crippen LogP contribution in [0.2, 0.25) is 0 Å². The zero-order valence-corrected chi connectivity index (χ0v) is 37.9. The molecule has 0 aromatic heterocycles. The lowest BCUT2D eigenvalue weighted by Crippen LogP contribution is -2.46. The average Bonchev–Trinajstić information content (AvgIpc) is 3.16. The number of esters is 2. The second kappa shape index (κ2) is 39.7. The van der Waals surface area contributed by atoms with Crippen molar-refractivity contribution in [3.8, 4) is 0 Å².